The van der Waals surface area contributed by atoms with Gasteiger partial charge in [-0.25, -0.2) is 0 Å². The van der Waals surface area contributed by atoms with Crippen LogP contribution in [0.3, 0.4) is 0 Å². The van der Waals surface area contributed by atoms with Crippen LogP contribution in [-0.4, -0.2) is 71.7 Å². The van der Waals surface area contributed by atoms with Crippen LogP contribution < -0.4 is 0 Å². The van der Waals surface area contributed by atoms with Crippen molar-refractivity contribution in [2.45, 2.75) is 102 Å². The third-order valence-electron chi connectivity index (χ3n) is 6.51. The molecule has 0 aromatic heterocycles. The molecule has 1 fully saturated rings. The van der Waals surface area contributed by atoms with E-state index in [0.29, 0.717) is 0 Å². The van der Waals surface area contributed by atoms with Crippen molar-refractivity contribution in [3.63, 3.8) is 0 Å². The summed E-state index contributed by atoms with van der Waals surface area (Å²) in [6, 6.07) is -0.752. The second-order valence-corrected chi connectivity index (χ2v) is 20.1. The summed E-state index contributed by atoms with van der Waals surface area (Å²) in [4.78, 5) is 0. The molecule has 0 amide bonds. The molecule has 2 radical (unpaired) electrons. The molecule has 1 aliphatic rings. The van der Waals surface area contributed by atoms with Gasteiger partial charge in [-0.2, -0.15) is 0 Å². The lowest BCUT2D eigenvalue weighted by Gasteiger charge is -2.45. The minimum absolute atomic E-state index is 0.00206. The normalized spacial score (nSPS) is 27.8. The molecule has 26 heavy (non-hydrogen) atoms. The van der Waals surface area contributed by atoms with Gasteiger partial charge in [-0.1, -0.05) is 41.5 Å². The first-order valence-electron chi connectivity index (χ1n) is 9.45. The topological polar surface area (TPSA) is 68.2 Å². The van der Waals surface area contributed by atoms with Crippen molar-refractivity contribution in [1.29, 1.82) is 0 Å². The van der Waals surface area contributed by atoms with E-state index in [2.05, 4.69) is 67.7 Å². The van der Waals surface area contributed by atoms with Gasteiger partial charge in [-0.3, -0.25) is 0 Å². The van der Waals surface area contributed by atoms with Crippen molar-refractivity contribution >= 4 is 24.5 Å². The summed E-state index contributed by atoms with van der Waals surface area (Å²) in [5, 5.41) is 20.0. The number of aliphatic hydroxyl groups is 2. The van der Waals surface area contributed by atoms with Crippen LogP contribution in [-0.2, 0) is 13.6 Å². The molecule has 152 valence electrons. The lowest BCUT2D eigenvalue weighted by Crippen LogP contribution is -2.59. The smallest absolute Gasteiger partial charge is 0.192 e. The van der Waals surface area contributed by atoms with Crippen molar-refractivity contribution in [2.24, 2.45) is 0 Å². The molecule has 0 spiro atoms. The van der Waals surface area contributed by atoms with Crippen molar-refractivity contribution < 1.29 is 23.8 Å². The summed E-state index contributed by atoms with van der Waals surface area (Å²) in [6.45, 7) is 20.8. The highest BCUT2D eigenvalue weighted by molar-refractivity contribution is 6.74. The lowest BCUT2D eigenvalue weighted by atomic mass is 9.90. The second kappa shape index (κ2) is 7.61. The molecule has 0 saturated carbocycles. The van der Waals surface area contributed by atoms with Gasteiger partial charge in [0, 0.05) is 6.00 Å². The van der Waals surface area contributed by atoms with E-state index in [1.807, 2.05) is 0 Å². The summed E-state index contributed by atoms with van der Waals surface area (Å²) >= 11 is 0. The molecule has 1 heterocycles. The molecule has 0 aromatic rings. The predicted octanol–water partition coefficient (Wildman–Crippen LogP) is 3.02. The number of hydrogen-bond acceptors (Lipinski definition) is 5. The van der Waals surface area contributed by atoms with Crippen molar-refractivity contribution in [1.82, 2.24) is 0 Å². The van der Waals surface area contributed by atoms with Crippen LogP contribution in [0.1, 0.15) is 41.5 Å². The highest BCUT2D eigenvalue weighted by atomic mass is 28.4. The third-order valence-corrected chi connectivity index (χ3v) is 15.4. The molecular formula is C18H39BO5Si2. The Bertz CT molecular complexity index is 481. The Labute approximate surface area is 163 Å². The monoisotopic (exact) mass is 402 g/mol. The molecule has 0 bridgehead atoms. The molecule has 1 saturated heterocycles. The fraction of sp³-hybridized carbons (Fsp3) is 1.00. The zero-order valence-corrected chi connectivity index (χ0v) is 20.3. The molecule has 0 aliphatic carbocycles. The predicted molar refractivity (Wildman–Crippen MR) is 112 cm³/mol. The van der Waals surface area contributed by atoms with Crippen molar-refractivity contribution in [2.75, 3.05) is 13.2 Å². The van der Waals surface area contributed by atoms with Crippen LogP contribution in [0.2, 0.25) is 36.3 Å². The summed E-state index contributed by atoms with van der Waals surface area (Å²) in [6.07, 6.45) is -1.13. The van der Waals surface area contributed by atoms with E-state index in [4.69, 9.17) is 21.4 Å². The van der Waals surface area contributed by atoms with E-state index >= 15 is 0 Å². The van der Waals surface area contributed by atoms with Gasteiger partial charge in [-0.15, -0.1) is 0 Å². The van der Waals surface area contributed by atoms with Gasteiger partial charge in [0.25, 0.3) is 0 Å². The molecule has 1 rings (SSSR count). The Hall–Kier alpha value is 0.299. The maximum atomic E-state index is 10.0. The minimum atomic E-state index is -2.21. The number of hydrogen-bond donors (Lipinski definition) is 2. The maximum Gasteiger partial charge on any atom is 0.192 e. The van der Waals surface area contributed by atoms with Crippen LogP contribution in [0.25, 0.3) is 0 Å². The number of rotatable bonds is 6. The van der Waals surface area contributed by atoms with E-state index in [1.54, 1.807) is 0 Å². The van der Waals surface area contributed by atoms with Gasteiger partial charge >= 0.3 is 0 Å². The molecule has 3 atom stereocenters. The average molecular weight is 402 g/mol. The SMILES string of the molecule is [B][C@@H]1OC(CO)(CO)[C@H](O[Si](C)(C)C(C)(C)C)[C@H]1O[Si](C)(C)C(C)(C)C. The summed E-state index contributed by atoms with van der Waals surface area (Å²) < 4.78 is 19.0. The van der Waals surface area contributed by atoms with Gasteiger partial charge < -0.3 is 23.8 Å². The Morgan fingerprint density at radius 2 is 1.27 bits per heavy atom. The molecule has 0 unspecified atom stereocenters. The van der Waals surface area contributed by atoms with Gasteiger partial charge in [0.15, 0.2) is 16.6 Å². The van der Waals surface area contributed by atoms with Gasteiger partial charge in [0.05, 0.1) is 19.3 Å². The second-order valence-electron chi connectivity index (χ2n) is 10.6. The molecule has 8 heteroatoms. The Balaban J connectivity index is 3.30. The van der Waals surface area contributed by atoms with Crippen LogP contribution in [0.15, 0.2) is 0 Å². The fourth-order valence-electron chi connectivity index (χ4n) is 2.50. The largest absolute Gasteiger partial charge is 0.409 e. The zero-order valence-electron chi connectivity index (χ0n) is 18.3. The van der Waals surface area contributed by atoms with Crippen molar-refractivity contribution in [3.05, 3.63) is 0 Å². The number of aliphatic hydroxyl groups excluding tert-OH is 2. The first kappa shape index (κ1) is 24.3. The highest BCUT2D eigenvalue weighted by Gasteiger charge is 2.58. The molecule has 0 aromatic carbocycles. The van der Waals surface area contributed by atoms with Gasteiger partial charge in [-0.05, 0) is 36.3 Å². The van der Waals surface area contributed by atoms with Crippen LogP contribution in [0, 0.1) is 0 Å². The van der Waals surface area contributed by atoms with E-state index in [-0.39, 0.29) is 23.3 Å². The van der Waals surface area contributed by atoms with Crippen molar-refractivity contribution in [3.8, 4) is 0 Å². The van der Waals surface area contributed by atoms with E-state index in [0.717, 1.165) is 0 Å². The van der Waals surface area contributed by atoms with E-state index in [9.17, 15) is 10.2 Å². The molecule has 5 nitrogen and oxygen atoms in total. The average Bonchev–Trinajstić information content (AvgIpc) is 2.69. The summed E-state index contributed by atoms with van der Waals surface area (Å²) in [5.74, 6) is 0. The first-order chi connectivity index (χ1) is 11.4. The third kappa shape index (κ3) is 4.64. The highest BCUT2D eigenvalue weighted by Crippen LogP contribution is 2.45. The Kier molecular flexibility index (Phi) is 7.12. The van der Waals surface area contributed by atoms with E-state index < -0.39 is 40.4 Å². The number of ether oxygens (including phenoxy) is 1. The fourth-order valence-corrected chi connectivity index (χ4v) is 5.12. The van der Waals surface area contributed by atoms with Crippen LogP contribution >= 0.6 is 0 Å². The standard InChI is InChI=1S/C18H39BO5Si2/c1-16(2,3)25(7,8)23-13-14(24-26(9,10)17(4,5)6)18(11-20,12-21)22-15(13)19/h13-15,20-21H,11-12H2,1-10H3/t13-,14-,15-/m1/s1. The van der Waals surface area contributed by atoms with Gasteiger partial charge in [0.2, 0.25) is 0 Å². The van der Waals surface area contributed by atoms with Gasteiger partial charge in [0.1, 0.15) is 19.6 Å². The summed E-state index contributed by atoms with van der Waals surface area (Å²) in [5.41, 5.74) is -1.25. The molecule has 1 aliphatic heterocycles. The van der Waals surface area contributed by atoms with E-state index in [1.165, 1.54) is 0 Å². The van der Waals surface area contributed by atoms with Crippen LogP contribution in [0.4, 0.5) is 0 Å². The first-order valence-corrected chi connectivity index (χ1v) is 15.3. The van der Waals surface area contributed by atoms with Crippen LogP contribution in [0.5, 0.6) is 0 Å². The zero-order chi connectivity index (χ0) is 20.8. The Morgan fingerprint density at radius 3 is 1.62 bits per heavy atom. The molecule has 2 N–H and O–H groups in total. The maximum absolute atomic E-state index is 10.0. The summed E-state index contributed by atoms with van der Waals surface area (Å²) in [7, 11) is 1.91. The quantitative estimate of drug-likeness (QED) is 0.669. The molecular weight excluding hydrogens is 363 g/mol. The minimum Gasteiger partial charge on any atom is -0.409 e. The Morgan fingerprint density at radius 1 is 0.885 bits per heavy atom. The lowest BCUT2D eigenvalue weighted by molar-refractivity contribution is -0.121.